The summed E-state index contributed by atoms with van der Waals surface area (Å²) in [5, 5.41) is 0. The molecule has 2 aromatic rings. The second-order valence-electron chi connectivity index (χ2n) is 5.92. The van der Waals surface area contributed by atoms with Gasteiger partial charge in [0.15, 0.2) is 0 Å². The summed E-state index contributed by atoms with van der Waals surface area (Å²) in [7, 11) is 4.58. The van der Waals surface area contributed by atoms with Crippen molar-refractivity contribution in [3.63, 3.8) is 0 Å². The molecule has 0 fully saturated rings. The van der Waals surface area contributed by atoms with E-state index in [1.54, 1.807) is 0 Å². The molecular weight excluding hydrogens is 234 g/mol. The molecule has 0 amide bonds. The van der Waals surface area contributed by atoms with Crippen molar-refractivity contribution < 1.29 is 8.90 Å². The third-order valence-corrected chi connectivity index (χ3v) is 3.44. The maximum atomic E-state index is 5.61. The molecule has 102 valence electrons. The van der Waals surface area contributed by atoms with Crippen LogP contribution >= 0.6 is 0 Å². The highest BCUT2D eigenvalue weighted by Gasteiger charge is 2.15. The number of quaternary nitrogens is 1. The first-order chi connectivity index (χ1) is 9.05. The maximum Gasteiger partial charge on any atom is 0.104 e. The van der Waals surface area contributed by atoms with Gasteiger partial charge in [-0.15, -0.1) is 0 Å². The standard InChI is InChI=1S/C17H24NO/c1-15-11-12-17(19-15)10-7-13-18(2,3)14-16-8-5-4-6-9-16/h4-6,8-9,11-12H,7,10,13-14H2,1-3H3/q+1. The molecule has 0 saturated carbocycles. The van der Waals surface area contributed by atoms with Gasteiger partial charge in [0.25, 0.3) is 0 Å². The van der Waals surface area contributed by atoms with Gasteiger partial charge in [0.05, 0.1) is 20.6 Å². The number of aryl methyl sites for hydroxylation is 2. The normalized spacial score (nSPS) is 11.7. The van der Waals surface area contributed by atoms with Crippen LogP contribution < -0.4 is 0 Å². The zero-order chi connectivity index (χ0) is 13.7. The highest BCUT2D eigenvalue weighted by Crippen LogP contribution is 2.13. The first-order valence-corrected chi connectivity index (χ1v) is 6.96. The molecule has 0 unspecified atom stereocenters. The van der Waals surface area contributed by atoms with Crippen LogP contribution in [0.25, 0.3) is 0 Å². The predicted octanol–water partition coefficient (Wildman–Crippen LogP) is 3.80. The Morgan fingerprint density at radius 2 is 1.74 bits per heavy atom. The zero-order valence-corrected chi connectivity index (χ0v) is 12.2. The van der Waals surface area contributed by atoms with E-state index in [0.29, 0.717) is 0 Å². The minimum Gasteiger partial charge on any atom is -0.466 e. The average Bonchev–Trinajstić information content (AvgIpc) is 2.75. The van der Waals surface area contributed by atoms with Crippen LogP contribution in [0.5, 0.6) is 0 Å². The highest BCUT2D eigenvalue weighted by atomic mass is 16.3. The molecule has 0 atom stereocenters. The lowest BCUT2D eigenvalue weighted by Gasteiger charge is -2.29. The van der Waals surface area contributed by atoms with Gasteiger partial charge in [-0.3, -0.25) is 0 Å². The van der Waals surface area contributed by atoms with Crippen molar-refractivity contribution in [2.75, 3.05) is 20.6 Å². The number of benzene rings is 1. The van der Waals surface area contributed by atoms with Gasteiger partial charge in [0.1, 0.15) is 18.1 Å². The lowest BCUT2D eigenvalue weighted by atomic mass is 10.1. The Labute approximate surface area is 116 Å². The molecule has 0 aliphatic carbocycles. The topological polar surface area (TPSA) is 13.1 Å². The molecule has 0 radical (unpaired) electrons. The Hall–Kier alpha value is -1.54. The summed E-state index contributed by atoms with van der Waals surface area (Å²) in [4.78, 5) is 0. The Bertz CT molecular complexity index is 499. The van der Waals surface area contributed by atoms with Crippen LogP contribution in [0.2, 0.25) is 0 Å². The van der Waals surface area contributed by atoms with E-state index in [2.05, 4.69) is 50.5 Å². The van der Waals surface area contributed by atoms with E-state index in [1.165, 1.54) is 5.56 Å². The Kier molecular flexibility index (Phi) is 4.43. The SMILES string of the molecule is Cc1ccc(CCC[N+](C)(C)Cc2ccccc2)o1. The fourth-order valence-electron chi connectivity index (χ4n) is 2.46. The second-order valence-corrected chi connectivity index (χ2v) is 5.92. The molecule has 0 N–H and O–H groups in total. The van der Waals surface area contributed by atoms with Crippen LogP contribution in [0.1, 0.15) is 23.5 Å². The van der Waals surface area contributed by atoms with Gasteiger partial charge in [0.2, 0.25) is 0 Å². The van der Waals surface area contributed by atoms with E-state index >= 15 is 0 Å². The maximum absolute atomic E-state index is 5.61. The van der Waals surface area contributed by atoms with E-state index in [4.69, 9.17) is 4.42 Å². The third kappa shape index (κ3) is 4.56. The van der Waals surface area contributed by atoms with Crippen molar-refractivity contribution >= 4 is 0 Å². The van der Waals surface area contributed by atoms with E-state index < -0.39 is 0 Å². The van der Waals surface area contributed by atoms with E-state index in [0.717, 1.165) is 41.9 Å². The van der Waals surface area contributed by atoms with Crippen molar-refractivity contribution in [2.24, 2.45) is 0 Å². The van der Waals surface area contributed by atoms with Crippen LogP contribution in [0, 0.1) is 6.92 Å². The van der Waals surface area contributed by atoms with Gasteiger partial charge in [0, 0.05) is 18.4 Å². The summed E-state index contributed by atoms with van der Waals surface area (Å²) in [6, 6.07) is 14.8. The van der Waals surface area contributed by atoms with E-state index in [9.17, 15) is 0 Å². The van der Waals surface area contributed by atoms with Crippen molar-refractivity contribution in [1.82, 2.24) is 0 Å². The molecular formula is C17H24NO+. The Morgan fingerprint density at radius 1 is 1.00 bits per heavy atom. The number of hydrogen-bond acceptors (Lipinski definition) is 1. The molecule has 1 heterocycles. The molecule has 2 heteroatoms. The lowest BCUT2D eigenvalue weighted by Crippen LogP contribution is -2.39. The smallest absolute Gasteiger partial charge is 0.104 e. The number of nitrogens with zero attached hydrogens (tertiary/aromatic N) is 1. The molecule has 0 aliphatic rings. The van der Waals surface area contributed by atoms with E-state index in [1.807, 2.05) is 13.0 Å². The van der Waals surface area contributed by atoms with Gasteiger partial charge in [-0.05, 0) is 19.1 Å². The minimum absolute atomic E-state index is 1.01. The molecule has 0 saturated heterocycles. The molecule has 19 heavy (non-hydrogen) atoms. The van der Waals surface area contributed by atoms with Crippen LogP contribution in [-0.4, -0.2) is 25.1 Å². The fourth-order valence-corrected chi connectivity index (χ4v) is 2.46. The summed E-state index contributed by atoms with van der Waals surface area (Å²) in [6.07, 6.45) is 2.19. The number of furan rings is 1. The van der Waals surface area contributed by atoms with Crippen LogP contribution in [-0.2, 0) is 13.0 Å². The van der Waals surface area contributed by atoms with Gasteiger partial charge in [-0.2, -0.15) is 0 Å². The summed E-state index contributed by atoms with van der Waals surface area (Å²) in [5.74, 6) is 2.12. The summed E-state index contributed by atoms with van der Waals surface area (Å²) >= 11 is 0. The van der Waals surface area contributed by atoms with Gasteiger partial charge < -0.3 is 8.90 Å². The number of rotatable bonds is 6. The molecule has 1 aromatic heterocycles. The molecule has 1 aromatic carbocycles. The molecule has 2 nitrogen and oxygen atoms in total. The average molecular weight is 258 g/mol. The first-order valence-electron chi connectivity index (χ1n) is 6.96. The molecule has 0 aliphatic heterocycles. The monoisotopic (exact) mass is 258 g/mol. The molecule has 2 rings (SSSR count). The van der Waals surface area contributed by atoms with Crippen molar-refractivity contribution in [1.29, 1.82) is 0 Å². The predicted molar refractivity (Wildman–Crippen MR) is 78.9 cm³/mol. The van der Waals surface area contributed by atoms with Crippen LogP contribution in [0.15, 0.2) is 46.9 Å². The third-order valence-electron chi connectivity index (χ3n) is 3.44. The Morgan fingerprint density at radius 3 is 2.37 bits per heavy atom. The van der Waals surface area contributed by atoms with Gasteiger partial charge >= 0.3 is 0 Å². The Balaban J connectivity index is 1.81. The summed E-state index contributed by atoms with van der Waals surface area (Å²) in [6.45, 7) is 4.24. The second kappa shape index (κ2) is 6.07. The highest BCUT2D eigenvalue weighted by molar-refractivity contribution is 5.13. The van der Waals surface area contributed by atoms with Crippen LogP contribution in [0.3, 0.4) is 0 Å². The quantitative estimate of drug-likeness (QED) is 0.718. The van der Waals surface area contributed by atoms with E-state index in [-0.39, 0.29) is 0 Å². The summed E-state index contributed by atoms with van der Waals surface area (Å²) < 4.78 is 6.63. The lowest BCUT2D eigenvalue weighted by molar-refractivity contribution is -0.903. The molecule has 0 spiro atoms. The largest absolute Gasteiger partial charge is 0.466 e. The fraction of sp³-hybridized carbons (Fsp3) is 0.412. The first kappa shape index (κ1) is 13.9. The van der Waals surface area contributed by atoms with Gasteiger partial charge in [-0.1, -0.05) is 30.3 Å². The summed E-state index contributed by atoms with van der Waals surface area (Å²) in [5.41, 5.74) is 1.40. The molecule has 0 bridgehead atoms. The van der Waals surface area contributed by atoms with Crippen molar-refractivity contribution in [3.8, 4) is 0 Å². The van der Waals surface area contributed by atoms with Crippen molar-refractivity contribution in [2.45, 2.75) is 26.3 Å². The van der Waals surface area contributed by atoms with Crippen molar-refractivity contribution in [3.05, 3.63) is 59.5 Å². The van der Waals surface area contributed by atoms with Gasteiger partial charge in [-0.25, -0.2) is 0 Å². The zero-order valence-electron chi connectivity index (χ0n) is 12.2. The minimum atomic E-state index is 1.01. The van der Waals surface area contributed by atoms with Crippen LogP contribution in [0.4, 0.5) is 0 Å². The number of hydrogen-bond donors (Lipinski definition) is 0.